The molecule has 128 valence electrons. The number of anilines is 1. The van der Waals surface area contributed by atoms with Crippen LogP contribution in [0, 0.1) is 6.92 Å². The molecule has 6 heteroatoms. The van der Waals surface area contributed by atoms with Crippen molar-refractivity contribution in [2.75, 3.05) is 5.01 Å². The highest BCUT2D eigenvalue weighted by Crippen LogP contribution is 2.34. The van der Waals surface area contributed by atoms with E-state index in [2.05, 4.69) is 10.4 Å². The van der Waals surface area contributed by atoms with Crippen LogP contribution in [0.2, 0.25) is 0 Å². The number of carbonyl (C=O) groups is 2. The third-order valence-electron chi connectivity index (χ3n) is 4.11. The van der Waals surface area contributed by atoms with Gasteiger partial charge in [-0.15, -0.1) is 0 Å². The summed E-state index contributed by atoms with van der Waals surface area (Å²) < 4.78 is 0. The topological polar surface area (TPSA) is 87.8 Å². The molecule has 0 radical (unpaired) electrons. The van der Waals surface area contributed by atoms with Gasteiger partial charge >= 0.3 is 0 Å². The summed E-state index contributed by atoms with van der Waals surface area (Å²) in [5.74, 6) is 0.0212. The van der Waals surface area contributed by atoms with Gasteiger partial charge in [0.1, 0.15) is 5.84 Å². The smallest absolute Gasteiger partial charge is 0.248 e. The second-order valence-corrected chi connectivity index (χ2v) is 6.11. The van der Waals surface area contributed by atoms with Crippen molar-refractivity contribution in [3.63, 3.8) is 0 Å². The number of rotatable bonds is 3. The van der Waals surface area contributed by atoms with Crippen molar-refractivity contribution in [3.05, 3.63) is 65.2 Å². The number of nitrogens with two attached hydrogens (primary N) is 1. The predicted molar refractivity (Wildman–Crippen MR) is 97.2 cm³/mol. The van der Waals surface area contributed by atoms with E-state index in [0.717, 1.165) is 16.8 Å². The second-order valence-electron chi connectivity index (χ2n) is 6.11. The van der Waals surface area contributed by atoms with Gasteiger partial charge in [0.2, 0.25) is 11.8 Å². The highest BCUT2D eigenvalue weighted by Gasteiger charge is 2.29. The molecular formula is C19H20N4O2. The molecule has 0 saturated carbocycles. The fourth-order valence-electron chi connectivity index (χ4n) is 2.85. The van der Waals surface area contributed by atoms with Crippen molar-refractivity contribution in [1.82, 2.24) is 5.32 Å². The number of nitrogens with one attached hydrogen (secondary N) is 1. The fraction of sp³-hybridized carbons (Fsp3) is 0.211. The van der Waals surface area contributed by atoms with Crippen LogP contribution in [-0.2, 0) is 4.79 Å². The number of nitrogens with zero attached hydrogens (tertiary/aromatic N) is 2. The van der Waals surface area contributed by atoms with Crippen LogP contribution in [0.15, 0.2) is 53.6 Å². The summed E-state index contributed by atoms with van der Waals surface area (Å²) >= 11 is 0. The van der Waals surface area contributed by atoms with Crippen LogP contribution in [-0.4, -0.2) is 17.6 Å². The third-order valence-corrected chi connectivity index (χ3v) is 4.11. The minimum Gasteiger partial charge on any atom is -0.366 e. The predicted octanol–water partition coefficient (Wildman–Crippen LogP) is 2.49. The van der Waals surface area contributed by atoms with Gasteiger partial charge < -0.3 is 11.1 Å². The molecule has 6 nitrogen and oxygen atoms in total. The fourth-order valence-corrected chi connectivity index (χ4v) is 2.85. The summed E-state index contributed by atoms with van der Waals surface area (Å²) in [5, 5.41) is 9.24. The van der Waals surface area contributed by atoms with Crippen molar-refractivity contribution >= 4 is 23.3 Å². The maximum atomic E-state index is 11.4. The van der Waals surface area contributed by atoms with E-state index in [-0.39, 0.29) is 11.9 Å². The van der Waals surface area contributed by atoms with E-state index in [1.807, 2.05) is 48.3 Å². The lowest BCUT2D eigenvalue weighted by Crippen LogP contribution is -2.26. The quantitative estimate of drug-likeness (QED) is 0.902. The first-order valence-corrected chi connectivity index (χ1v) is 8.05. The lowest BCUT2D eigenvalue weighted by atomic mass is 10.0. The minimum absolute atomic E-state index is 0.0634. The number of hydrogen-bond acceptors (Lipinski definition) is 4. The number of amides is 2. The van der Waals surface area contributed by atoms with Crippen LogP contribution in [0.4, 0.5) is 5.69 Å². The van der Waals surface area contributed by atoms with Gasteiger partial charge in [-0.05, 0) is 36.8 Å². The molecule has 1 atom stereocenters. The van der Waals surface area contributed by atoms with E-state index in [1.165, 1.54) is 6.92 Å². The molecule has 1 heterocycles. The van der Waals surface area contributed by atoms with E-state index in [9.17, 15) is 9.59 Å². The van der Waals surface area contributed by atoms with Crippen molar-refractivity contribution in [2.24, 2.45) is 10.8 Å². The summed E-state index contributed by atoms with van der Waals surface area (Å²) in [4.78, 5) is 22.7. The first kappa shape index (κ1) is 16.7. The summed E-state index contributed by atoms with van der Waals surface area (Å²) in [7, 11) is 0. The number of aryl methyl sites for hydroxylation is 1. The van der Waals surface area contributed by atoms with Gasteiger partial charge in [0.05, 0.1) is 11.7 Å². The lowest BCUT2D eigenvalue weighted by Gasteiger charge is -2.24. The highest BCUT2D eigenvalue weighted by atomic mass is 16.1. The molecule has 3 N–H and O–H groups in total. The number of benzene rings is 2. The van der Waals surface area contributed by atoms with Crippen LogP contribution in [0.1, 0.15) is 40.9 Å². The Balaban J connectivity index is 1.94. The molecule has 0 saturated heterocycles. The van der Waals surface area contributed by atoms with E-state index in [0.29, 0.717) is 17.8 Å². The van der Waals surface area contributed by atoms with Gasteiger partial charge in [0.25, 0.3) is 0 Å². The third kappa shape index (κ3) is 3.68. The Kier molecular flexibility index (Phi) is 4.52. The molecule has 0 bridgehead atoms. The van der Waals surface area contributed by atoms with E-state index in [4.69, 9.17) is 5.73 Å². The van der Waals surface area contributed by atoms with Gasteiger partial charge in [-0.25, -0.2) is 0 Å². The van der Waals surface area contributed by atoms with E-state index in [1.54, 1.807) is 12.1 Å². The highest BCUT2D eigenvalue weighted by molar-refractivity contribution is 5.99. The molecule has 0 fully saturated rings. The molecule has 0 aliphatic carbocycles. The molecule has 0 spiro atoms. The summed E-state index contributed by atoms with van der Waals surface area (Å²) in [6, 6.07) is 15.1. The molecule has 1 aliphatic rings. The normalized spacial score (nSPS) is 16.5. The van der Waals surface area contributed by atoms with Crippen molar-refractivity contribution < 1.29 is 9.59 Å². The Hall–Kier alpha value is -3.15. The largest absolute Gasteiger partial charge is 0.366 e. The van der Waals surface area contributed by atoms with Crippen molar-refractivity contribution in [3.8, 4) is 0 Å². The molecule has 2 aromatic rings. The zero-order valence-corrected chi connectivity index (χ0v) is 14.2. The van der Waals surface area contributed by atoms with Crippen LogP contribution < -0.4 is 16.1 Å². The maximum Gasteiger partial charge on any atom is 0.248 e. The van der Waals surface area contributed by atoms with E-state index >= 15 is 0 Å². The first-order chi connectivity index (χ1) is 11.9. The zero-order chi connectivity index (χ0) is 18.0. The minimum atomic E-state index is -0.455. The van der Waals surface area contributed by atoms with Crippen molar-refractivity contribution in [2.45, 2.75) is 26.3 Å². The Morgan fingerprint density at radius 1 is 1.12 bits per heavy atom. The monoisotopic (exact) mass is 336 g/mol. The van der Waals surface area contributed by atoms with Crippen LogP contribution >= 0.6 is 0 Å². The van der Waals surface area contributed by atoms with Crippen molar-refractivity contribution in [1.29, 1.82) is 0 Å². The SMILES string of the molecule is CC(=O)NC1=NN(c2ccc(C)cc2)C(c2ccc(C(N)=O)cc2)C1. The van der Waals surface area contributed by atoms with E-state index < -0.39 is 5.91 Å². The molecule has 2 amide bonds. The summed E-state index contributed by atoms with van der Waals surface area (Å²) in [6.45, 7) is 3.49. The number of amidine groups is 1. The summed E-state index contributed by atoms with van der Waals surface area (Å²) in [6.07, 6.45) is 0.573. The number of carbonyl (C=O) groups excluding carboxylic acids is 2. The number of hydrazone groups is 1. The average molecular weight is 336 g/mol. The van der Waals surface area contributed by atoms with Crippen LogP contribution in [0.25, 0.3) is 0 Å². The Bertz CT molecular complexity index is 826. The summed E-state index contributed by atoms with van der Waals surface area (Å²) in [5.41, 5.74) is 8.87. The average Bonchev–Trinajstić information content (AvgIpc) is 2.98. The molecule has 1 unspecified atom stereocenters. The Labute approximate surface area is 146 Å². The molecule has 0 aromatic heterocycles. The molecular weight excluding hydrogens is 316 g/mol. The maximum absolute atomic E-state index is 11.4. The van der Waals surface area contributed by atoms with Crippen LogP contribution in [0.5, 0.6) is 0 Å². The van der Waals surface area contributed by atoms with Gasteiger partial charge in [0.15, 0.2) is 0 Å². The molecule has 2 aromatic carbocycles. The van der Waals surface area contributed by atoms with Crippen LogP contribution in [0.3, 0.4) is 0 Å². The first-order valence-electron chi connectivity index (χ1n) is 8.05. The zero-order valence-electron chi connectivity index (χ0n) is 14.2. The standard InChI is InChI=1S/C19H20N4O2/c1-12-3-9-16(10-4-12)23-17(11-18(22-23)21-13(2)24)14-5-7-15(8-6-14)19(20)25/h3-10,17H,11H2,1-2H3,(H2,20,25)(H,21,22,24). The van der Waals surface area contributed by atoms with Gasteiger partial charge in [-0.3, -0.25) is 14.6 Å². The lowest BCUT2D eigenvalue weighted by molar-refractivity contribution is -0.117. The molecule has 25 heavy (non-hydrogen) atoms. The van der Waals surface area contributed by atoms with Gasteiger partial charge in [-0.2, -0.15) is 5.10 Å². The molecule has 3 rings (SSSR count). The van der Waals surface area contributed by atoms with Gasteiger partial charge in [-0.1, -0.05) is 29.8 Å². The van der Waals surface area contributed by atoms with Gasteiger partial charge in [0, 0.05) is 18.9 Å². The second kappa shape index (κ2) is 6.76. The molecule has 1 aliphatic heterocycles. The number of hydrogen-bond donors (Lipinski definition) is 2. The Morgan fingerprint density at radius 2 is 1.76 bits per heavy atom. The Morgan fingerprint density at radius 3 is 2.32 bits per heavy atom. The number of primary amides is 1.